The van der Waals surface area contributed by atoms with Gasteiger partial charge in [0.05, 0.1) is 17.5 Å². The third-order valence-corrected chi connectivity index (χ3v) is 2.34. The highest BCUT2D eigenvalue weighted by molar-refractivity contribution is 5.90. The molecule has 2 aromatic rings. The number of benzene rings is 1. The van der Waals surface area contributed by atoms with E-state index in [-0.39, 0.29) is 5.69 Å². The van der Waals surface area contributed by atoms with E-state index in [0.29, 0.717) is 0 Å². The van der Waals surface area contributed by atoms with Crippen LogP contribution in [0.15, 0.2) is 36.9 Å². The van der Waals surface area contributed by atoms with E-state index >= 15 is 0 Å². The zero-order valence-electron chi connectivity index (χ0n) is 8.85. The van der Waals surface area contributed by atoms with E-state index in [1.807, 2.05) is 0 Å². The fraction of sp³-hybridized carbons (Fsp3) is 0.0909. The second kappa shape index (κ2) is 4.17. The van der Waals surface area contributed by atoms with Crippen molar-refractivity contribution in [2.45, 2.75) is 6.18 Å². The number of hydrogen-bond donors (Lipinski definition) is 1. The molecule has 1 aromatic carbocycles. The Bertz CT molecular complexity index is 576. The number of halogens is 3. The first-order chi connectivity index (χ1) is 8.39. The van der Waals surface area contributed by atoms with E-state index in [9.17, 15) is 18.0 Å². The van der Waals surface area contributed by atoms with E-state index in [1.165, 1.54) is 29.4 Å². The number of imidazole rings is 1. The Labute approximate surface area is 99.3 Å². The van der Waals surface area contributed by atoms with Crippen molar-refractivity contribution in [2.75, 3.05) is 0 Å². The average Bonchev–Trinajstić information content (AvgIpc) is 2.80. The Morgan fingerprint density at radius 1 is 1.33 bits per heavy atom. The molecule has 7 heteroatoms. The lowest BCUT2D eigenvalue weighted by Crippen LogP contribution is -2.13. The molecule has 0 saturated carbocycles. The number of aromatic nitrogens is 2. The van der Waals surface area contributed by atoms with Gasteiger partial charge < -0.3 is 9.67 Å². The topological polar surface area (TPSA) is 55.1 Å². The van der Waals surface area contributed by atoms with Gasteiger partial charge in [0.15, 0.2) is 0 Å². The van der Waals surface area contributed by atoms with Crippen LogP contribution in [0.1, 0.15) is 15.9 Å². The van der Waals surface area contributed by atoms with Crippen molar-refractivity contribution in [3.63, 3.8) is 0 Å². The first-order valence-electron chi connectivity index (χ1n) is 4.82. The fourth-order valence-corrected chi connectivity index (χ4v) is 1.53. The molecule has 4 nitrogen and oxygen atoms in total. The molecule has 1 heterocycles. The van der Waals surface area contributed by atoms with Crippen LogP contribution in [0.4, 0.5) is 13.2 Å². The average molecular weight is 256 g/mol. The summed E-state index contributed by atoms with van der Waals surface area (Å²) in [4.78, 5) is 14.5. The van der Waals surface area contributed by atoms with Crippen LogP contribution < -0.4 is 0 Å². The number of rotatable bonds is 2. The van der Waals surface area contributed by atoms with Gasteiger partial charge in [-0.05, 0) is 18.2 Å². The van der Waals surface area contributed by atoms with Gasteiger partial charge in [-0.25, -0.2) is 9.78 Å². The lowest BCUT2D eigenvalue weighted by atomic mass is 10.1. The Balaban J connectivity index is 2.60. The second-order valence-corrected chi connectivity index (χ2v) is 3.50. The summed E-state index contributed by atoms with van der Waals surface area (Å²) in [6.07, 6.45) is -0.505. The first kappa shape index (κ1) is 12.2. The summed E-state index contributed by atoms with van der Waals surface area (Å²) < 4.78 is 39.6. The lowest BCUT2D eigenvalue weighted by molar-refractivity contribution is -0.138. The van der Waals surface area contributed by atoms with Crippen LogP contribution in [0.2, 0.25) is 0 Å². The molecular weight excluding hydrogens is 249 g/mol. The standard InChI is InChI=1S/C11H7F3N2O2/c12-11(13,14)9-5-7(16-4-3-15-6-16)1-2-8(9)10(17)18/h1-6H,(H,17,18). The van der Waals surface area contributed by atoms with Crippen LogP contribution >= 0.6 is 0 Å². The summed E-state index contributed by atoms with van der Waals surface area (Å²) in [5.41, 5.74) is -1.75. The van der Waals surface area contributed by atoms with Gasteiger partial charge >= 0.3 is 12.1 Å². The molecule has 0 atom stereocenters. The van der Waals surface area contributed by atoms with Crippen molar-refractivity contribution in [3.05, 3.63) is 48.0 Å². The predicted octanol–water partition coefficient (Wildman–Crippen LogP) is 2.59. The highest BCUT2D eigenvalue weighted by Crippen LogP contribution is 2.33. The summed E-state index contributed by atoms with van der Waals surface area (Å²) in [6, 6.07) is 3.01. The van der Waals surface area contributed by atoms with Crippen LogP contribution in [-0.4, -0.2) is 20.6 Å². The summed E-state index contributed by atoms with van der Waals surface area (Å²) >= 11 is 0. The van der Waals surface area contributed by atoms with Crippen molar-refractivity contribution < 1.29 is 23.1 Å². The third kappa shape index (κ3) is 2.20. The van der Waals surface area contributed by atoms with Crippen LogP contribution in [-0.2, 0) is 6.18 Å². The van der Waals surface area contributed by atoms with E-state index in [0.717, 1.165) is 12.1 Å². The highest BCUT2D eigenvalue weighted by atomic mass is 19.4. The maximum atomic E-state index is 12.7. The lowest BCUT2D eigenvalue weighted by Gasteiger charge is -2.12. The normalized spacial score (nSPS) is 11.5. The zero-order chi connectivity index (χ0) is 13.3. The molecule has 1 aromatic heterocycles. The molecule has 0 spiro atoms. The second-order valence-electron chi connectivity index (χ2n) is 3.50. The van der Waals surface area contributed by atoms with Gasteiger partial charge in [0.25, 0.3) is 0 Å². The monoisotopic (exact) mass is 256 g/mol. The molecule has 0 fully saturated rings. The van der Waals surface area contributed by atoms with Crippen molar-refractivity contribution in [3.8, 4) is 5.69 Å². The van der Waals surface area contributed by atoms with Gasteiger partial charge in [0, 0.05) is 18.1 Å². The molecule has 0 saturated heterocycles. The predicted molar refractivity (Wildman–Crippen MR) is 55.5 cm³/mol. The van der Waals surface area contributed by atoms with E-state index in [2.05, 4.69) is 4.98 Å². The quantitative estimate of drug-likeness (QED) is 0.898. The van der Waals surface area contributed by atoms with Crippen molar-refractivity contribution in [2.24, 2.45) is 0 Å². The van der Waals surface area contributed by atoms with Crippen molar-refractivity contribution >= 4 is 5.97 Å². The minimum Gasteiger partial charge on any atom is -0.478 e. The summed E-state index contributed by atoms with van der Waals surface area (Å²) in [5.74, 6) is -1.61. The first-order valence-corrected chi connectivity index (χ1v) is 4.82. The van der Waals surface area contributed by atoms with E-state index in [1.54, 1.807) is 0 Å². The summed E-state index contributed by atoms with van der Waals surface area (Å²) in [7, 11) is 0. The molecule has 0 amide bonds. The minimum atomic E-state index is -4.72. The highest BCUT2D eigenvalue weighted by Gasteiger charge is 2.35. The Hall–Kier alpha value is -2.31. The Morgan fingerprint density at radius 3 is 2.56 bits per heavy atom. The number of nitrogens with zero attached hydrogens (tertiary/aromatic N) is 2. The molecule has 18 heavy (non-hydrogen) atoms. The van der Waals surface area contributed by atoms with Gasteiger partial charge in [0.1, 0.15) is 0 Å². The molecule has 94 valence electrons. The van der Waals surface area contributed by atoms with Gasteiger partial charge in [-0.15, -0.1) is 0 Å². The molecule has 0 radical (unpaired) electrons. The molecule has 0 aliphatic carbocycles. The zero-order valence-corrected chi connectivity index (χ0v) is 8.85. The molecule has 0 aliphatic heterocycles. The SMILES string of the molecule is O=C(O)c1ccc(-n2ccnc2)cc1C(F)(F)F. The molecule has 0 aliphatic rings. The Morgan fingerprint density at radius 2 is 2.06 bits per heavy atom. The van der Waals surface area contributed by atoms with Gasteiger partial charge in [-0.1, -0.05) is 0 Å². The van der Waals surface area contributed by atoms with Gasteiger partial charge in [0.2, 0.25) is 0 Å². The number of carbonyl (C=O) groups is 1. The Kier molecular flexibility index (Phi) is 2.82. The minimum absolute atomic E-state index is 0.199. The van der Waals surface area contributed by atoms with Crippen LogP contribution in [0, 0.1) is 0 Å². The summed E-state index contributed by atoms with van der Waals surface area (Å²) in [5, 5.41) is 8.73. The molecule has 0 unspecified atom stereocenters. The van der Waals surface area contributed by atoms with Crippen molar-refractivity contribution in [1.29, 1.82) is 0 Å². The van der Waals surface area contributed by atoms with Crippen LogP contribution in [0.3, 0.4) is 0 Å². The largest absolute Gasteiger partial charge is 0.478 e. The molecule has 0 bridgehead atoms. The van der Waals surface area contributed by atoms with E-state index < -0.39 is 23.3 Å². The maximum Gasteiger partial charge on any atom is 0.417 e. The molecule has 2 rings (SSSR count). The number of hydrogen-bond acceptors (Lipinski definition) is 2. The van der Waals surface area contributed by atoms with Gasteiger partial charge in [-0.3, -0.25) is 0 Å². The van der Waals surface area contributed by atoms with Gasteiger partial charge in [-0.2, -0.15) is 13.2 Å². The van der Waals surface area contributed by atoms with E-state index in [4.69, 9.17) is 5.11 Å². The van der Waals surface area contributed by atoms with Crippen LogP contribution in [0.25, 0.3) is 5.69 Å². The van der Waals surface area contributed by atoms with Crippen molar-refractivity contribution in [1.82, 2.24) is 9.55 Å². The molecular formula is C11H7F3N2O2. The fourth-order valence-electron chi connectivity index (χ4n) is 1.53. The molecule has 1 N–H and O–H groups in total. The van der Waals surface area contributed by atoms with Crippen LogP contribution in [0.5, 0.6) is 0 Å². The third-order valence-electron chi connectivity index (χ3n) is 2.34. The smallest absolute Gasteiger partial charge is 0.417 e. The number of carboxylic acid groups (broad SMARTS) is 1. The maximum absolute atomic E-state index is 12.7. The number of aromatic carboxylic acids is 1. The number of alkyl halides is 3. The number of carboxylic acids is 1. The summed E-state index contributed by atoms with van der Waals surface area (Å²) in [6.45, 7) is 0.